The molecular formula is C13H15BrF3N. The van der Waals surface area contributed by atoms with Crippen molar-refractivity contribution in [3.05, 3.63) is 29.8 Å². The van der Waals surface area contributed by atoms with E-state index in [2.05, 4.69) is 15.9 Å². The molecule has 100 valence electrons. The Labute approximate surface area is 113 Å². The highest BCUT2D eigenvalue weighted by molar-refractivity contribution is 9.09. The van der Waals surface area contributed by atoms with E-state index >= 15 is 0 Å². The van der Waals surface area contributed by atoms with Gasteiger partial charge < -0.3 is 4.90 Å². The summed E-state index contributed by atoms with van der Waals surface area (Å²) in [6, 6.07) is 6.00. The quantitative estimate of drug-likeness (QED) is 0.727. The standard InChI is InChI=1S/C13H15BrF3N/c14-9-10-5-3-4-8-18(10)12-7-2-1-6-11(12)13(15,16)17/h1-2,6-7,10H,3-5,8-9H2. The molecule has 1 atom stereocenters. The molecular weight excluding hydrogens is 307 g/mol. The summed E-state index contributed by atoms with van der Waals surface area (Å²) in [6.07, 6.45) is -1.31. The van der Waals surface area contributed by atoms with E-state index in [4.69, 9.17) is 0 Å². The van der Waals surface area contributed by atoms with E-state index < -0.39 is 11.7 Å². The van der Waals surface area contributed by atoms with Gasteiger partial charge in [0.25, 0.3) is 0 Å². The molecule has 0 amide bonds. The van der Waals surface area contributed by atoms with E-state index in [1.165, 1.54) is 6.07 Å². The molecule has 5 heteroatoms. The second-order valence-electron chi connectivity index (χ2n) is 4.51. The molecule has 1 heterocycles. The number of rotatable bonds is 2. The van der Waals surface area contributed by atoms with Crippen LogP contribution in [0, 0.1) is 0 Å². The third kappa shape index (κ3) is 2.82. The lowest BCUT2D eigenvalue weighted by molar-refractivity contribution is -0.137. The van der Waals surface area contributed by atoms with Crippen LogP contribution in [-0.2, 0) is 6.18 Å². The Morgan fingerprint density at radius 2 is 1.94 bits per heavy atom. The van der Waals surface area contributed by atoms with Gasteiger partial charge in [-0.25, -0.2) is 0 Å². The van der Waals surface area contributed by atoms with Crippen molar-refractivity contribution >= 4 is 21.6 Å². The van der Waals surface area contributed by atoms with Gasteiger partial charge in [-0.05, 0) is 31.4 Å². The summed E-state index contributed by atoms with van der Waals surface area (Å²) >= 11 is 3.40. The van der Waals surface area contributed by atoms with E-state index in [-0.39, 0.29) is 6.04 Å². The zero-order valence-corrected chi connectivity index (χ0v) is 11.5. The maximum atomic E-state index is 13.0. The zero-order chi connectivity index (χ0) is 13.2. The molecule has 1 aliphatic heterocycles. The second kappa shape index (κ2) is 5.51. The lowest BCUT2D eigenvalue weighted by atomic mass is 10.0. The van der Waals surface area contributed by atoms with Gasteiger partial charge in [0.05, 0.1) is 5.56 Å². The Balaban J connectivity index is 2.37. The normalized spacial score (nSPS) is 21.1. The molecule has 0 spiro atoms. The van der Waals surface area contributed by atoms with Crippen molar-refractivity contribution < 1.29 is 13.2 Å². The summed E-state index contributed by atoms with van der Waals surface area (Å²) < 4.78 is 39.0. The molecule has 0 radical (unpaired) electrons. The van der Waals surface area contributed by atoms with Crippen LogP contribution in [0.2, 0.25) is 0 Å². The minimum Gasteiger partial charge on any atom is -0.367 e. The van der Waals surface area contributed by atoms with Gasteiger partial charge in [0.15, 0.2) is 0 Å². The molecule has 1 nitrogen and oxygen atoms in total. The van der Waals surface area contributed by atoms with Crippen LogP contribution >= 0.6 is 15.9 Å². The van der Waals surface area contributed by atoms with Crippen LogP contribution in [-0.4, -0.2) is 17.9 Å². The van der Waals surface area contributed by atoms with Gasteiger partial charge in [-0.2, -0.15) is 13.2 Å². The Morgan fingerprint density at radius 1 is 1.22 bits per heavy atom. The fraction of sp³-hybridized carbons (Fsp3) is 0.538. The number of hydrogen-bond acceptors (Lipinski definition) is 1. The van der Waals surface area contributed by atoms with E-state index in [0.717, 1.165) is 25.3 Å². The van der Waals surface area contributed by atoms with E-state index in [0.29, 0.717) is 17.6 Å². The lowest BCUT2D eigenvalue weighted by Gasteiger charge is -2.38. The lowest BCUT2D eigenvalue weighted by Crippen LogP contribution is -2.41. The number of halogens is 4. The average molecular weight is 322 g/mol. The minimum absolute atomic E-state index is 0.155. The fourth-order valence-electron chi connectivity index (χ4n) is 2.44. The maximum absolute atomic E-state index is 13.0. The van der Waals surface area contributed by atoms with Crippen LogP contribution in [0.25, 0.3) is 0 Å². The zero-order valence-electron chi connectivity index (χ0n) is 9.88. The molecule has 0 aromatic heterocycles. The number of piperidine rings is 1. The van der Waals surface area contributed by atoms with Gasteiger partial charge in [-0.15, -0.1) is 0 Å². The van der Waals surface area contributed by atoms with Crippen molar-refractivity contribution in [2.45, 2.75) is 31.5 Å². The van der Waals surface area contributed by atoms with Crippen molar-refractivity contribution in [1.29, 1.82) is 0 Å². The van der Waals surface area contributed by atoms with Gasteiger partial charge in [-0.3, -0.25) is 0 Å². The van der Waals surface area contributed by atoms with E-state index in [1.54, 1.807) is 12.1 Å². The summed E-state index contributed by atoms with van der Waals surface area (Å²) in [6.45, 7) is 0.698. The Morgan fingerprint density at radius 3 is 2.61 bits per heavy atom. The summed E-state index contributed by atoms with van der Waals surface area (Å²) in [5.41, 5.74) is -0.216. The first-order valence-corrected chi connectivity index (χ1v) is 7.15. The van der Waals surface area contributed by atoms with Crippen LogP contribution in [0.5, 0.6) is 0 Å². The van der Waals surface area contributed by atoms with Crippen LogP contribution in [0.15, 0.2) is 24.3 Å². The average Bonchev–Trinajstić information content (AvgIpc) is 2.37. The third-order valence-corrected chi connectivity index (χ3v) is 4.07. The number of anilines is 1. The first-order valence-electron chi connectivity index (χ1n) is 6.03. The molecule has 1 fully saturated rings. The highest BCUT2D eigenvalue weighted by atomic mass is 79.9. The SMILES string of the molecule is FC(F)(F)c1ccccc1N1CCCCC1CBr. The summed E-state index contributed by atoms with van der Waals surface area (Å²) in [5, 5.41) is 0.708. The number of hydrogen-bond donors (Lipinski definition) is 0. The van der Waals surface area contributed by atoms with Crippen LogP contribution in [0.3, 0.4) is 0 Å². The highest BCUT2D eigenvalue weighted by Gasteiger charge is 2.36. The molecule has 0 bridgehead atoms. The van der Waals surface area contributed by atoms with Crippen LogP contribution in [0.1, 0.15) is 24.8 Å². The molecule has 1 aromatic carbocycles. The van der Waals surface area contributed by atoms with Gasteiger partial charge in [0.1, 0.15) is 0 Å². The number of alkyl halides is 4. The monoisotopic (exact) mass is 321 g/mol. The molecule has 1 unspecified atom stereocenters. The molecule has 18 heavy (non-hydrogen) atoms. The van der Waals surface area contributed by atoms with Gasteiger partial charge in [0, 0.05) is 23.6 Å². The van der Waals surface area contributed by atoms with Crippen molar-refractivity contribution in [2.75, 3.05) is 16.8 Å². The summed E-state index contributed by atoms with van der Waals surface area (Å²) in [5.74, 6) is 0. The molecule has 0 saturated carbocycles. The molecule has 0 aliphatic carbocycles. The van der Waals surface area contributed by atoms with Crippen molar-refractivity contribution in [1.82, 2.24) is 0 Å². The second-order valence-corrected chi connectivity index (χ2v) is 5.16. The van der Waals surface area contributed by atoms with Gasteiger partial charge >= 0.3 is 6.18 Å². The number of nitrogens with zero attached hydrogens (tertiary/aromatic N) is 1. The van der Waals surface area contributed by atoms with Crippen LogP contribution in [0.4, 0.5) is 18.9 Å². The smallest absolute Gasteiger partial charge is 0.367 e. The Bertz CT molecular complexity index is 405. The molecule has 2 rings (SSSR count). The third-order valence-electron chi connectivity index (χ3n) is 3.32. The number of benzene rings is 1. The predicted molar refractivity (Wildman–Crippen MR) is 70.2 cm³/mol. The van der Waals surface area contributed by atoms with Crippen molar-refractivity contribution in [3.63, 3.8) is 0 Å². The maximum Gasteiger partial charge on any atom is 0.418 e. The molecule has 1 aromatic rings. The summed E-state index contributed by atoms with van der Waals surface area (Å²) in [4.78, 5) is 1.89. The highest BCUT2D eigenvalue weighted by Crippen LogP contribution is 2.38. The topological polar surface area (TPSA) is 3.24 Å². The van der Waals surface area contributed by atoms with E-state index in [9.17, 15) is 13.2 Å². The molecule has 1 aliphatic rings. The number of para-hydroxylation sites is 1. The molecule has 1 saturated heterocycles. The van der Waals surface area contributed by atoms with E-state index in [1.807, 2.05) is 4.90 Å². The van der Waals surface area contributed by atoms with Crippen molar-refractivity contribution in [2.24, 2.45) is 0 Å². The van der Waals surface area contributed by atoms with Crippen LogP contribution < -0.4 is 4.90 Å². The van der Waals surface area contributed by atoms with Gasteiger partial charge in [0.2, 0.25) is 0 Å². The predicted octanol–water partition coefficient (Wildman–Crippen LogP) is 4.46. The first kappa shape index (κ1) is 13.7. The Kier molecular flexibility index (Phi) is 4.20. The minimum atomic E-state index is -4.29. The molecule has 0 N–H and O–H groups in total. The fourth-order valence-corrected chi connectivity index (χ4v) is 3.12. The Hall–Kier alpha value is -0.710. The largest absolute Gasteiger partial charge is 0.418 e. The van der Waals surface area contributed by atoms with Crippen molar-refractivity contribution in [3.8, 4) is 0 Å². The first-order chi connectivity index (χ1) is 8.54. The summed E-state index contributed by atoms with van der Waals surface area (Å²) in [7, 11) is 0. The van der Waals surface area contributed by atoms with Gasteiger partial charge in [-0.1, -0.05) is 28.1 Å².